The van der Waals surface area contributed by atoms with Crippen molar-refractivity contribution in [1.82, 2.24) is 10.6 Å². The number of aliphatic hydroxyl groups is 1. The van der Waals surface area contributed by atoms with Gasteiger partial charge in [-0.15, -0.1) is 0 Å². The zero-order valence-electron chi connectivity index (χ0n) is 15.5. The first-order valence-electron chi connectivity index (χ1n) is 9.72. The van der Waals surface area contributed by atoms with Gasteiger partial charge >= 0.3 is 0 Å². The molecule has 5 nitrogen and oxygen atoms in total. The summed E-state index contributed by atoms with van der Waals surface area (Å²) < 4.78 is 5.91. The Balaban J connectivity index is 1.57. The normalized spacial score (nSPS) is 25.0. The Hall–Kier alpha value is -1.85. The van der Waals surface area contributed by atoms with E-state index < -0.39 is 0 Å². The van der Waals surface area contributed by atoms with E-state index in [0.717, 1.165) is 60.9 Å². The van der Waals surface area contributed by atoms with Crippen molar-refractivity contribution >= 4 is 16.9 Å². The van der Waals surface area contributed by atoms with Gasteiger partial charge in [-0.1, -0.05) is 12.1 Å². The third kappa shape index (κ3) is 3.26. The Morgan fingerprint density at radius 3 is 2.65 bits per heavy atom. The number of fused-ring (bicyclic) bond motifs is 1. The number of rotatable bonds is 4. The molecule has 2 fully saturated rings. The number of carbonyl (C=O) groups excluding carboxylic acids is 1. The second-order valence-corrected chi connectivity index (χ2v) is 8.03. The van der Waals surface area contributed by atoms with E-state index in [0.29, 0.717) is 17.6 Å². The molecule has 0 bridgehead atoms. The summed E-state index contributed by atoms with van der Waals surface area (Å²) in [6.07, 6.45) is 3.49. The molecule has 1 saturated heterocycles. The summed E-state index contributed by atoms with van der Waals surface area (Å²) >= 11 is 0. The molecule has 1 aliphatic heterocycles. The average Bonchev–Trinajstić information content (AvgIpc) is 2.94. The first-order chi connectivity index (χ1) is 12.5. The number of hydrogen-bond acceptors (Lipinski definition) is 4. The Morgan fingerprint density at radius 2 is 1.96 bits per heavy atom. The number of benzene rings is 1. The van der Waals surface area contributed by atoms with Gasteiger partial charge in [0.2, 0.25) is 0 Å². The van der Waals surface area contributed by atoms with Crippen LogP contribution in [0, 0.1) is 25.7 Å². The number of aliphatic hydroxyl groups excluding tert-OH is 1. The molecular weight excluding hydrogens is 328 g/mol. The van der Waals surface area contributed by atoms with Crippen LogP contribution in [0.5, 0.6) is 0 Å². The first-order valence-corrected chi connectivity index (χ1v) is 9.72. The lowest BCUT2D eigenvalue weighted by Crippen LogP contribution is -2.52. The predicted molar refractivity (Wildman–Crippen MR) is 101 cm³/mol. The molecule has 2 aromatic rings. The van der Waals surface area contributed by atoms with Crippen molar-refractivity contribution in [2.45, 2.75) is 51.7 Å². The molecule has 140 valence electrons. The van der Waals surface area contributed by atoms with E-state index >= 15 is 0 Å². The maximum atomic E-state index is 13.0. The molecule has 5 heteroatoms. The second kappa shape index (κ2) is 7.05. The molecule has 4 rings (SSSR count). The first kappa shape index (κ1) is 17.6. The molecular formula is C21H28N2O3. The lowest BCUT2D eigenvalue weighted by molar-refractivity contribution is 0.00890. The largest absolute Gasteiger partial charge is 0.451 e. The Labute approximate surface area is 154 Å². The molecule has 2 heterocycles. The van der Waals surface area contributed by atoms with Crippen molar-refractivity contribution in [2.24, 2.45) is 11.8 Å². The topological polar surface area (TPSA) is 74.5 Å². The van der Waals surface area contributed by atoms with Crippen molar-refractivity contribution in [3.8, 4) is 0 Å². The molecule has 1 saturated carbocycles. The van der Waals surface area contributed by atoms with Crippen molar-refractivity contribution in [3.05, 3.63) is 35.1 Å². The van der Waals surface area contributed by atoms with E-state index in [9.17, 15) is 9.90 Å². The highest BCUT2D eigenvalue weighted by Crippen LogP contribution is 2.36. The van der Waals surface area contributed by atoms with Crippen molar-refractivity contribution < 1.29 is 14.3 Å². The molecule has 26 heavy (non-hydrogen) atoms. The van der Waals surface area contributed by atoms with Gasteiger partial charge in [0.05, 0.1) is 6.10 Å². The van der Waals surface area contributed by atoms with Crippen LogP contribution < -0.4 is 10.6 Å². The van der Waals surface area contributed by atoms with Crippen LogP contribution >= 0.6 is 0 Å². The van der Waals surface area contributed by atoms with Gasteiger partial charge in [-0.05, 0) is 76.1 Å². The summed E-state index contributed by atoms with van der Waals surface area (Å²) in [5, 5.41) is 17.4. The van der Waals surface area contributed by atoms with Crippen molar-refractivity contribution in [1.29, 1.82) is 0 Å². The summed E-state index contributed by atoms with van der Waals surface area (Å²) in [5.74, 6) is 1.12. The summed E-state index contributed by atoms with van der Waals surface area (Å²) in [7, 11) is 0. The van der Waals surface area contributed by atoms with Crippen LogP contribution in [0.3, 0.4) is 0 Å². The number of aryl methyl sites for hydroxylation is 2. The highest BCUT2D eigenvalue weighted by atomic mass is 16.3. The van der Waals surface area contributed by atoms with Crippen LogP contribution in [0.25, 0.3) is 11.0 Å². The van der Waals surface area contributed by atoms with Crippen LogP contribution in [-0.2, 0) is 0 Å². The second-order valence-electron chi connectivity index (χ2n) is 8.03. The molecule has 1 aromatic carbocycles. The monoisotopic (exact) mass is 356 g/mol. The van der Waals surface area contributed by atoms with Gasteiger partial charge in [0, 0.05) is 17.0 Å². The van der Waals surface area contributed by atoms with Gasteiger partial charge in [-0.3, -0.25) is 4.79 Å². The zero-order chi connectivity index (χ0) is 18.3. The Bertz CT molecular complexity index is 801. The number of carbonyl (C=O) groups is 1. The van der Waals surface area contributed by atoms with Crippen LogP contribution in [-0.4, -0.2) is 36.2 Å². The number of amides is 1. The Morgan fingerprint density at radius 1 is 1.23 bits per heavy atom. The number of piperidine rings is 1. The highest BCUT2D eigenvalue weighted by molar-refractivity contribution is 5.99. The third-order valence-corrected chi connectivity index (χ3v) is 6.15. The van der Waals surface area contributed by atoms with E-state index in [1.807, 2.05) is 32.0 Å². The molecule has 0 spiro atoms. The third-order valence-electron chi connectivity index (χ3n) is 6.15. The maximum absolute atomic E-state index is 13.0. The molecule has 0 radical (unpaired) electrons. The van der Waals surface area contributed by atoms with Crippen molar-refractivity contribution in [2.75, 3.05) is 13.1 Å². The van der Waals surface area contributed by atoms with Crippen LogP contribution in [0.4, 0.5) is 0 Å². The van der Waals surface area contributed by atoms with Crippen molar-refractivity contribution in [3.63, 3.8) is 0 Å². The molecule has 1 aromatic heterocycles. The quantitative estimate of drug-likeness (QED) is 0.787. The number of nitrogens with one attached hydrogen (secondary N) is 2. The van der Waals surface area contributed by atoms with E-state index in [-0.39, 0.29) is 18.1 Å². The smallest absolute Gasteiger partial charge is 0.287 e. The molecule has 3 N–H and O–H groups in total. The predicted octanol–water partition coefficient (Wildman–Crippen LogP) is 2.92. The van der Waals surface area contributed by atoms with Crippen LogP contribution in [0.2, 0.25) is 0 Å². The molecule has 0 unspecified atom stereocenters. The Kier molecular flexibility index (Phi) is 4.76. The van der Waals surface area contributed by atoms with Gasteiger partial charge in [-0.2, -0.15) is 0 Å². The van der Waals surface area contributed by atoms with Gasteiger partial charge in [0.15, 0.2) is 5.76 Å². The number of furan rings is 1. The molecule has 1 atom stereocenters. The minimum atomic E-state index is -0.211. The molecule has 1 aliphatic carbocycles. The van der Waals surface area contributed by atoms with E-state index in [1.165, 1.54) is 0 Å². The van der Waals surface area contributed by atoms with Crippen LogP contribution in [0.1, 0.15) is 47.4 Å². The lowest BCUT2D eigenvalue weighted by atomic mass is 9.71. The van der Waals surface area contributed by atoms with E-state index in [4.69, 9.17) is 4.42 Å². The zero-order valence-corrected chi connectivity index (χ0v) is 15.5. The highest BCUT2D eigenvalue weighted by Gasteiger charge is 2.39. The van der Waals surface area contributed by atoms with E-state index in [1.54, 1.807) is 0 Å². The SMILES string of the molecule is Cc1ccc2c(C)c(C(=O)N[C@H](C3CCNCC3)C3CC(O)C3)oc2c1. The average molecular weight is 356 g/mol. The van der Waals surface area contributed by atoms with Gasteiger partial charge < -0.3 is 20.2 Å². The van der Waals surface area contributed by atoms with Gasteiger partial charge in [0.1, 0.15) is 5.58 Å². The summed E-state index contributed by atoms with van der Waals surface area (Å²) in [4.78, 5) is 13.0. The molecule has 1 amide bonds. The number of hydrogen-bond donors (Lipinski definition) is 3. The minimum Gasteiger partial charge on any atom is -0.451 e. The van der Waals surface area contributed by atoms with E-state index in [2.05, 4.69) is 10.6 Å². The fraction of sp³-hybridized carbons (Fsp3) is 0.571. The summed E-state index contributed by atoms with van der Waals surface area (Å²) in [6, 6.07) is 6.15. The van der Waals surface area contributed by atoms with Gasteiger partial charge in [-0.25, -0.2) is 0 Å². The van der Waals surface area contributed by atoms with Crippen LogP contribution in [0.15, 0.2) is 22.6 Å². The fourth-order valence-electron chi connectivity index (χ4n) is 4.51. The standard InChI is InChI=1S/C21H28N2O3/c1-12-3-4-17-13(2)20(26-18(17)9-12)21(25)23-19(15-10-16(24)11-15)14-5-7-22-8-6-14/h3-4,9,14-16,19,22,24H,5-8,10-11H2,1-2H3,(H,23,25)/t15?,16?,19-/m1/s1. The summed E-state index contributed by atoms with van der Waals surface area (Å²) in [6.45, 7) is 5.96. The van der Waals surface area contributed by atoms with Gasteiger partial charge in [0.25, 0.3) is 5.91 Å². The molecule has 2 aliphatic rings. The summed E-state index contributed by atoms with van der Waals surface area (Å²) in [5.41, 5.74) is 2.79. The maximum Gasteiger partial charge on any atom is 0.287 e. The fourth-order valence-corrected chi connectivity index (χ4v) is 4.51. The lowest BCUT2D eigenvalue weighted by Gasteiger charge is -2.43. The minimum absolute atomic E-state index is 0.113.